The molecule has 1 atom stereocenters. The normalized spacial score (nSPS) is 12.7. The summed E-state index contributed by atoms with van der Waals surface area (Å²) in [4.78, 5) is 2.14. The molecular weight excluding hydrogens is 227 g/mol. The average molecular weight is 248 g/mol. The molecule has 0 spiro atoms. The van der Waals surface area contributed by atoms with E-state index in [1.165, 1.54) is 6.07 Å². The van der Waals surface area contributed by atoms with Gasteiger partial charge in [-0.2, -0.15) is 5.26 Å². The highest BCUT2D eigenvalue weighted by Gasteiger charge is 2.14. The van der Waals surface area contributed by atoms with Gasteiger partial charge in [0.2, 0.25) is 0 Å². The van der Waals surface area contributed by atoms with Crippen LogP contribution in [0.2, 0.25) is 0 Å². The van der Waals surface area contributed by atoms with Crippen molar-refractivity contribution in [2.24, 2.45) is 11.8 Å². The summed E-state index contributed by atoms with van der Waals surface area (Å²) in [6, 6.07) is 9.03. The molecule has 1 aromatic rings. The van der Waals surface area contributed by atoms with Crippen LogP contribution in [-0.4, -0.2) is 25.0 Å². The predicted molar refractivity (Wildman–Crippen MR) is 71.5 cm³/mol. The lowest BCUT2D eigenvalue weighted by atomic mass is 9.97. The van der Waals surface area contributed by atoms with Gasteiger partial charge in [-0.05, 0) is 37.1 Å². The van der Waals surface area contributed by atoms with Crippen LogP contribution in [0.5, 0.6) is 0 Å². The van der Waals surface area contributed by atoms with Crippen molar-refractivity contribution in [2.45, 2.75) is 20.3 Å². The molecule has 0 heterocycles. The van der Waals surface area contributed by atoms with Crippen LogP contribution in [0, 0.1) is 29.0 Å². The van der Waals surface area contributed by atoms with E-state index in [2.05, 4.69) is 24.8 Å². The maximum atomic E-state index is 13.0. The summed E-state index contributed by atoms with van der Waals surface area (Å²) in [5.41, 5.74) is 1.000. The van der Waals surface area contributed by atoms with Gasteiger partial charge in [0.1, 0.15) is 5.82 Å². The highest BCUT2D eigenvalue weighted by molar-refractivity contribution is 5.16. The summed E-state index contributed by atoms with van der Waals surface area (Å²) in [5.74, 6) is 0.237. The lowest BCUT2D eigenvalue weighted by molar-refractivity contribution is 0.275. The Kier molecular flexibility index (Phi) is 5.80. The molecule has 0 aromatic heterocycles. The molecule has 0 aliphatic rings. The Morgan fingerprint density at radius 2 is 2.11 bits per heavy atom. The molecule has 2 nitrogen and oxygen atoms in total. The van der Waals surface area contributed by atoms with Crippen LogP contribution in [-0.2, 0) is 6.42 Å². The fourth-order valence-corrected chi connectivity index (χ4v) is 1.84. The van der Waals surface area contributed by atoms with Crippen LogP contribution in [0.25, 0.3) is 0 Å². The second-order valence-electron chi connectivity index (χ2n) is 5.12. The molecule has 98 valence electrons. The smallest absolute Gasteiger partial charge is 0.123 e. The Labute approximate surface area is 109 Å². The van der Waals surface area contributed by atoms with Crippen LogP contribution in [0.15, 0.2) is 24.3 Å². The molecule has 0 N–H and O–H groups in total. The average Bonchev–Trinajstić information content (AvgIpc) is 2.33. The molecule has 18 heavy (non-hydrogen) atoms. The van der Waals surface area contributed by atoms with E-state index in [-0.39, 0.29) is 11.7 Å². The highest BCUT2D eigenvalue weighted by atomic mass is 19.1. The number of likely N-dealkylation sites (N-methyl/N-ethyl adjacent to an activating group) is 1. The van der Waals surface area contributed by atoms with Crippen LogP contribution in [0.1, 0.15) is 19.4 Å². The van der Waals surface area contributed by atoms with Gasteiger partial charge in [0, 0.05) is 13.1 Å². The van der Waals surface area contributed by atoms with Gasteiger partial charge in [-0.15, -0.1) is 0 Å². The molecule has 0 saturated heterocycles. The number of nitrogens with zero attached hydrogens (tertiary/aromatic N) is 2. The third kappa shape index (κ3) is 4.85. The Morgan fingerprint density at radius 1 is 1.39 bits per heavy atom. The lowest BCUT2D eigenvalue weighted by Gasteiger charge is -2.21. The minimum atomic E-state index is -0.188. The van der Waals surface area contributed by atoms with Crippen LogP contribution in [0.4, 0.5) is 4.39 Å². The Balaban J connectivity index is 2.42. The van der Waals surface area contributed by atoms with Gasteiger partial charge in [0.05, 0.1) is 12.0 Å². The Morgan fingerprint density at radius 3 is 2.67 bits per heavy atom. The molecule has 0 radical (unpaired) electrons. The minimum absolute atomic E-state index is 0.0579. The van der Waals surface area contributed by atoms with Gasteiger partial charge in [-0.25, -0.2) is 4.39 Å². The van der Waals surface area contributed by atoms with Crippen LogP contribution in [0.3, 0.4) is 0 Å². The first-order chi connectivity index (χ1) is 8.52. The van der Waals surface area contributed by atoms with Crippen molar-refractivity contribution >= 4 is 0 Å². The number of hydrogen-bond donors (Lipinski definition) is 0. The monoisotopic (exact) mass is 248 g/mol. The zero-order valence-corrected chi connectivity index (χ0v) is 11.4. The van der Waals surface area contributed by atoms with E-state index in [1.54, 1.807) is 12.1 Å². The van der Waals surface area contributed by atoms with Gasteiger partial charge in [-0.3, -0.25) is 0 Å². The second kappa shape index (κ2) is 7.13. The van der Waals surface area contributed by atoms with E-state index in [9.17, 15) is 4.39 Å². The Hall–Kier alpha value is -1.40. The highest BCUT2D eigenvalue weighted by Crippen LogP contribution is 2.11. The van der Waals surface area contributed by atoms with Gasteiger partial charge in [0.25, 0.3) is 0 Å². The van der Waals surface area contributed by atoms with E-state index >= 15 is 0 Å². The van der Waals surface area contributed by atoms with E-state index in [4.69, 9.17) is 5.26 Å². The molecule has 0 aliphatic heterocycles. The van der Waals surface area contributed by atoms with Crippen molar-refractivity contribution in [1.82, 2.24) is 4.90 Å². The van der Waals surface area contributed by atoms with Crippen LogP contribution >= 0.6 is 0 Å². The summed E-state index contributed by atoms with van der Waals surface area (Å²) in [7, 11) is 2.01. The van der Waals surface area contributed by atoms with Crippen molar-refractivity contribution in [3.8, 4) is 6.07 Å². The number of hydrogen-bond acceptors (Lipinski definition) is 2. The van der Waals surface area contributed by atoms with Crippen molar-refractivity contribution in [1.29, 1.82) is 5.26 Å². The van der Waals surface area contributed by atoms with E-state index in [1.807, 2.05) is 13.1 Å². The predicted octanol–water partition coefficient (Wildman–Crippen LogP) is 3.10. The largest absolute Gasteiger partial charge is 0.305 e. The van der Waals surface area contributed by atoms with Gasteiger partial charge >= 0.3 is 0 Å². The van der Waals surface area contributed by atoms with Gasteiger partial charge < -0.3 is 4.90 Å². The van der Waals surface area contributed by atoms with E-state index in [0.29, 0.717) is 5.92 Å². The number of benzene rings is 1. The zero-order chi connectivity index (χ0) is 13.5. The summed E-state index contributed by atoms with van der Waals surface area (Å²) >= 11 is 0. The molecular formula is C15H21FN2. The maximum absolute atomic E-state index is 13.0. The van der Waals surface area contributed by atoms with Crippen LogP contribution < -0.4 is 0 Å². The van der Waals surface area contributed by atoms with Crippen molar-refractivity contribution < 1.29 is 4.39 Å². The summed E-state index contributed by atoms with van der Waals surface area (Å²) < 4.78 is 13.0. The molecule has 0 amide bonds. The number of nitriles is 1. The Bertz CT molecular complexity index is 409. The molecule has 0 bridgehead atoms. The fraction of sp³-hybridized carbons (Fsp3) is 0.533. The standard InChI is InChI=1S/C15H21FN2/c1-12(2)14(10-17)11-18(3)8-7-13-5-4-6-15(16)9-13/h4-6,9,12,14H,7-8,11H2,1-3H3. The molecule has 0 fully saturated rings. The molecule has 0 aliphatic carbocycles. The van der Waals surface area contributed by atoms with E-state index in [0.717, 1.165) is 25.1 Å². The maximum Gasteiger partial charge on any atom is 0.123 e. The number of rotatable bonds is 6. The second-order valence-corrected chi connectivity index (χ2v) is 5.12. The third-order valence-corrected chi connectivity index (χ3v) is 3.15. The topological polar surface area (TPSA) is 27.0 Å². The molecule has 1 aromatic carbocycles. The zero-order valence-electron chi connectivity index (χ0n) is 11.4. The first-order valence-electron chi connectivity index (χ1n) is 6.35. The lowest BCUT2D eigenvalue weighted by Crippen LogP contribution is -2.29. The van der Waals surface area contributed by atoms with Crippen molar-refractivity contribution in [3.05, 3.63) is 35.6 Å². The summed E-state index contributed by atoms with van der Waals surface area (Å²) in [6.07, 6.45) is 0.810. The van der Waals surface area contributed by atoms with Crippen molar-refractivity contribution in [3.63, 3.8) is 0 Å². The first kappa shape index (κ1) is 14.7. The fourth-order valence-electron chi connectivity index (χ4n) is 1.84. The molecule has 1 unspecified atom stereocenters. The molecule has 1 rings (SSSR count). The number of halogens is 1. The quantitative estimate of drug-likeness (QED) is 0.773. The SMILES string of the molecule is CC(C)C(C#N)CN(C)CCc1cccc(F)c1. The molecule has 0 saturated carbocycles. The minimum Gasteiger partial charge on any atom is -0.305 e. The first-order valence-corrected chi connectivity index (χ1v) is 6.35. The summed E-state index contributed by atoms with van der Waals surface area (Å²) in [6.45, 7) is 5.74. The van der Waals surface area contributed by atoms with Gasteiger partial charge in [-0.1, -0.05) is 26.0 Å². The van der Waals surface area contributed by atoms with E-state index < -0.39 is 0 Å². The van der Waals surface area contributed by atoms with Gasteiger partial charge in [0.15, 0.2) is 0 Å². The summed E-state index contributed by atoms with van der Waals surface area (Å²) in [5, 5.41) is 9.04. The van der Waals surface area contributed by atoms with Crippen molar-refractivity contribution in [2.75, 3.05) is 20.1 Å². The third-order valence-electron chi connectivity index (χ3n) is 3.15. The molecule has 3 heteroatoms.